The van der Waals surface area contributed by atoms with E-state index in [9.17, 15) is 4.79 Å². The summed E-state index contributed by atoms with van der Waals surface area (Å²) in [6.07, 6.45) is 0. The molecule has 0 saturated heterocycles. The predicted molar refractivity (Wildman–Crippen MR) is 77.1 cm³/mol. The number of carboxylic acids is 1. The normalized spacial score (nSPS) is 10.4. The van der Waals surface area contributed by atoms with Gasteiger partial charge in [0.2, 0.25) is 0 Å². The molecule has 0 unspecified atom stereocenters. The molecular weight excluding hydrogens is 240 g/mol. The van der Waals surface area contributed by atoms with Crippen molar-refractivity contribution >= 4 is 17.3 Å². The van der Waals surface area contributed by atoms with E-state index < -0.39 is 5.97 Å². The number of benzene rings is 2. The molecule has 0 aliphatic carbocycles. The fourth-order valence-electron chi connectivity index (χ4n) is 2.06. The maximum absolute atomic E-state index is 11.0. The maximum Gasteiger partial charge on any atom is 0.336 e. The van der Waals surface area contributed by atoms with Gasteiger partial charge in [-0.2, -0.15) is 0 Å². The smallest absolute Gasteiger partial charge is 0.336 e. The van der Waals surface area contributed by atoms with Crippen molar-refractivity contribution in [1.29, 1.82) is 0 Å². The van der Waals surface area contributed by atoms with Gasteiger partial charge >= 0.3 is 5.97 Å². The highest BCUT2D eigenvalue weighted by Gasteiger charge is 2.13. The van der Waals surface area contributed by atoms with E-state index >= 15 is 0 Å². The van der Waals surface area contributed by atoms with E-state index in [1.165, 1.54) is 0 Å². The van der Waals surface area contributed by atoms with Gasteiger partial charge in [0.05, 0.1) is 5.56 Å². The van der Waals surface area contributed by atoms with E-state index in [0.717, 1.165) is 22.4 Å². The minimum atomic E-state index is -0.968. The van der Waals surface area contributed by atoms with Crippen LogP contribution in [0.25, 0.3) is 11.1 Å². The number of aromatic carboxylic acids is 1. The summed E-state index contributed by atoms with van der Waals surface area (Å²) >= 11 is 0. The topological polar surface area (TPSA) is 89.3 Å². The third-order valence-electron chi connectivity index (χ3n) is 3.33. The molecule has 0 radical (unpaired) electrons. The van der Waals surface area contributed by atoms with Crippen molar-refractivity contribution in [2.24, 2.45) is 0 Å². The molecule has 2 rings (SSSR count). The van der Waals surface area contributed by atoms with E-state index in [4.69, 9.17) is 16.6 Å². The highest BCUT2D eigenvalue weighted by molar-refractivity contribution is 5.94. The van der Waals surface area contributed by atoms with Gasteiger partial charge < -0.3 is 16.6 Å². The summed E-state index contributed by atoms with van der Waals surface area (Å²) in [5, 5.41) is 9.06. The van der Waals surface area contributed by atoms with Crippen LogP contribution in [0, 0.1) is 13.8 Å². The molecule has 0 aliphatic heterocycles. The second kappa shape index (κ2) is 4.65. The van der Waals surface area contributed by atoms with Gasteiger partial charge in [-0.3, -0.25) is 0 Å². The molecule has 0 spiro atoms. The first-order valence-corrected chi connectivity index (χ1v) is 5.90. The van der Waals surface area contributed by atoms with E-state index in [1.54, 1.807) is 19.1 Å². The molecule has 0 atom stereocenters. The molecule has 0 aliphatic rings. The van der Waals surface area contributed by atoms with Crippen LogP contribution in [0.3, 0.4) is 0 Å². The van der Waals surface area contributed by atoms with Gasteiger partial charge in [0.15, 0.2) is 0 Å². The fraction of sp³-hybridized carbons (Fsp3) is 0.133. The zero-order valence-electron chi connectivity index (χ0n) is 10.9. The first kappa shape index (κ1) is 13.0. The monoisotopic (exact) mass is 256 g/mol. The number of anilines is 2. The van der Waals surface area contributed by atoms with Crippen LogP contribution in [0.1, 0.15) is 21.5 Å². The molecule has 0 heterocycles. The van der Waals surface area contributed by atoms with Crippen molar-refractivity contribution < 1.29 is 9.90 Å². The molecule has 2 aromatic carbocycles. The summed E-state index contributed by atoms with van der Waals surface area (Å²) in [4.78, 5) is 11.0. The van der Waals surface area contributed by atoms with Crippen molar-refractivity contribution in [2.75, 3.05) is 11.5 Å². The Kier molecular flexibility index (Phi) is 3.17. The average Bonchev–Trinajstić information content (AvgIpc) is 2.36. The molecule has 2 aromatic rings. The van der Waals surface area contributed by atoms with Gasteiger partial charge in [-0.05, 0) is 48.7 Å². The minimum absolute atomic E-state index is 0.230. The van der Waals surface area contributed by atoms with Crippen LogP contribution >= 0.6 is 0 Å². The Bertz CT molecular complexity index is 663. The fourth-order valence-corrected chi connectivity index (χ4v) is 2.06. The van der Waals surface area contributed by atoms with E-state index in [2.05, 4.69) is 0 Å². The molecular formula is C15H16N2O2. The van der Waals surface area contributed by atoms with Gasteiger partial charge in [0.1, 0.15) is 0 Å². The third-order valence-corrected chi connectivity index (χ3v) is 3.33. The first-order valence-electron chi connectivity index (χ1n) is 5.90. The van der Waals surface area contributed by atoms with Crippen molar-refractivity contribution in [1.82, 2.24) is 0 Å². The van der Waals surface area contributed by atoms with Gasteiger partial charge in [-0.25, -0.2) is 4.79 Å². The zero-order chi connectivity index (χ0) is 14.2. The standard InChI is InChI=1S/C15H16N2O2/c1-8-7-10(3-6-13(8)16)12-5-4-11(15(18)19)9(2)14(12)17/h3-7H,16-17H2,1-2H3,(H,18,19). The third kappa shape index (κ3) is 2.25. The Morgan fingerprint density at radius 3 is 2.37 bits per heavy atom. The molecule has 0 amide bonds. The highest BCUT2D eigenvalue weighted by Crippen LogP contribution is 2.31. The lowest BCUT2D eigenvalue weighted by molar-refractivity contribution is 0.0696. The Morgan fingerprint density at radius 1 is 1.11 bits per heavy atom. The summed E-state index contributed by atoms with van der Waals surface area (Å²) in [6, 6.07) is 8.96. The maximum atomic E-state index is 11.0. The number of carbonyl (C=O) groups is 1. The summed E-state index contributed by atoms with van der Waals surface area (Å²) in [5.41, 5.74) is 16.6. The molecule has 19 heavy (non-hydrogen) atoms. The molecule has 0 bridgehead atoms. The van der Waals surface area contributed by atoms with Gasteiger partial charge in [-0.1, -0.05) is 12.1 Å². The van der Waals surface area contributed by atoms with Crippen LogP contribution in [0.15, 0.2) is 30.3 Å². The largest absolute Gasteiger partial charge is 0.478 e. The van der Waals surface area contributed by atoms with Crippen LogP contribution in [0.4, 0.5) is 11.4 Å². The number of nitrogens with two attached hydrogens (primary N) is 2. The van der Waals surface area contributed by atoms with Crippen LogP contribution in [0.5, 0.6) is 0 Å². The lowest BCUT2D eigenvalue weighted by atomic mass is 9.96. The number of hydrogen-bond donors (Lipinski definition) is 3. The van der Waals surface area contributed by atoms with E-state index in [0.29, 0.717) is 11.3 Å². The lowest BCUT2D eigenvalue weighted by Crippen LogP contribution is -2.04. The van der Waals surface area contributed by atoms with Gasteiger partial charge in [0, 0.05) is 16.9 Å². The first-order chi connectivity index (χ1) is 8.91. The number of nitrogen functional groups attached to an aromatic ring is 2. The quantitative estimate of drug-likeness (QED) is 0.721. The van der Waals surface area contributed by atoms with Crippen molar-refractivity contribution in [3.05, 3.63) is 47.0 Å². The van der Waals surface area contributed by atoms with Crippen LogP contribution < -0.4 is 11.5 Å². The van der Waals surface area contributed by atoms with Gasteiger partial charge in [-0.15, -0.1) is 0 Å². The number of carboxylic acid groups (broad SMARTS) is 1. The second-order valence-corrected chi connectivity index (χ2v) is 4.58. The van der Waals surface area contributed by atoms with E-state index in [1.807, 2.05) is 25.1 Å². The Hall–Kier alpha value is -2.49. The molecule has 4 heteroatoms. The van der Waals surface area contributed by atoms with Gasteiger partial charge in [0.25, 0.3) is 0 Å². The summed E-state index contributed by atoms with van der Waals surface area (Å²) < 4.78 is 0. The number of rotatable bonds is 2. The molecule has 0 saturated carbocycles. The summed E-state index contributed by atoms with van der Waals surface area (Å²) in [6.45, 7) is 3.64. The predicted octanol–water partition coefficient (Wildman–Crippen LogP) is 2.83. The zero-order valence-corrected chi connectivity index (χ0v) is 10.9. The van der Waals surface area contributed by atoms with Crippen LogP contribution in [0.2, 0.25) is 0 Å². The Balaban J connectivity index is 2.60. The SMILES string of the molecule is Cc1cc(-c2ccc(C(=O)O)c(C)c2N)ccc1N. The number of aryl methyl sites for hydroxylation is 1. The molecule has 4 nitrogen and oxygen atoms in total. The molecule has 0 aromatic heterocycles. The minimum Gasteiger partial charge on any atom is -0.478 e. The Morgan fingerprint density at radius 2 is 1.79 bits per heavy atom. The van der Waals surface area contributed by atoms with Crippen molar-refractivity contribution in [2.45, 2.75) is 13.8 Å². The number of hydrogen-bond acceptors (Lipinski definition) is 3. The average molecular weight is 256 g/mol. The highest BCUT2D eigenvalue weighted by atomic mass is 16.4. The molecule has 5 N–H and O–H groups in total. The van der Waals surface area contributed by atoms with Crippen LogP contribution in [-0.4, -0.2) is 11.1 Å². The van der Waals surface area contributed by atoms with E-state index in [-0.39, 0.29) is 5.56 Å². The molecule has 0 fully saturated rings. The van der Waals surface area contributed by atoms with Crippen molar-refractivity contribution in [3.63, 3.8) is 0 Å². The lowest BCUT2D eigenvalue weighted by Gasteiger charge is -2.12. The second-order valence-electron chi connectivity index (χ2n) is 4.58. The van der Waals surface area contributed by atoms with Crippen molar-refractivity contribution in [3.8, 4) is 11.1 Å². The molecule has 98 valence electrons. The van der Waals surface area contributed by atoms with Crippen LogP contribution in [-0.2, 0) is 0 Å². The summed E-state index contributed by atoms with van der Waals surface area (Å²) in [5.74, 6) is -0.968. The summed E-state index contributed by atoms with van der Waals surface area (Å²) in [7, 11) is 0. The Labute approximate surface area is 111 Å².